The Kier molecular flexibility index (Phi) is 5.26. The third-order valence-corrected chi connectivity index (χ3v) is 5.38. The number of nitrogens with zero attached hydrogens (tertiary/aromatic N) is 2. The lowest BCUT2D eigenvalue weighted by Crippen LogP contribution is -2.46. The average Bonchev–Trinajstić information content (AvgIpc) is 2.96. The van der Waals surface area contributed by atoms with Crippen LogP contribution < -0.4 is 14.5 Å². The molecule has 2 aromatic rings. The molecule has 130 valence electrons. The average molecular weight is 347 g/mol. The van der Waals surface area contributed by atoms with Crippen LogP contribution in [0.5, 0.6) is 5.75 Å². The van der Waals surface area contributed by atoms with E-state index in [1.54, 1.807) is 7.11 Å². The first-order valence-corrected chi connectivity index (χ1v) is 9.22. The Balaban J connectivity index is 1.64. The number of benzene rings is 1. The van der Waals surface area contributed by atoms with E-state index >= 15 is 0 Å². The number of H-pyrrole nitrogens is 1. The fraction of sp³-hybridized carbons (Fsp3) is 0.500. The van der Waals surface area contributed by atoms with Crippen LogP contribution in [-0.4, -0.2) is 43.2 Å². The number of aromatic amines is 1. The molecule has 1 N–H and O–H groups in total. The number of para-hydroxylation sites is 2. The smallest absolute Gasteiger partial charge is 0.304 e. The van der Waals surface area contributed by atoms with Gasteiger partial charge in [-0.2, -0.15) is 0 Å². The minimum absolute atomic E-state index is 0.0568. The van der Waals surface area contributed by atoms with Gasteiger partial charge in [-0.3, -0.25) is 9.69 Å². The number of aromatic nitrogens is 1. The Morgan fingerprint density at radius 2 is 1.92 bits per heavy atom. The molecule has 1 fully saturated rings. The van der Waals surface area contributed by atoms with Crippen molar-refractivity contribution in [1.82, 2.24) is 9.88 Å². The van der Waals surface area contributed by atoms with Gasteiger partial charge < -0.3 is 14.6 Å². The maximum absolute atomic E-state index is 11.7. The Labute approximate surface area is 146 Å². The van der Waals surface area contributed by atoms with E-state index in [1.165, 1.54) is 16.2 Å². The molecule has 24 heavy (non-hydrogen) atoms. The number of thiazole rings is 1. The van der Waals surface area contributed by atoms with Crippen molar-refractivity contribution >= 4 is 17.0 Å². The summed E-state index contributed by atoms with van der Waals surface area (Å²) < 4.78 is 5.47. The summed E-state index contributed by atoms with van der Waals surface area (Å²) >= 11 is 1.35. The van der Waals surface area contributed by atoms with Crippen molar-refractivity contribution in [2.45, 2.75) is 26.3 Å². The number of ether oxygens (including phenoxy) is 1. The molecule has 1 aliphatic rings. The molecule has 0 aliphatic carbocycles. The summed E-state index contributed by atoms with van der Waals surface area (Å²) in [6, 6.07) is 8.17. The molecule has 0 unspecified atom stereocenters. The maximum Gasteiger partial charge on any atom is 0.304 e. The van der Waals surface area contributed by atoms with E-state index in [1.807, 2.05) is 12.1 Å². The van der Waals surface area contributed by atoms with Crippen LogP contribution in [0.15, 0.2) is 29.1 Å². The van der Waals surface area contributed by atoms with Crippen molar-refractivity contribution in [2.24, 2.45) is 0 Å². The first kappa shape index (κ1) is 17.0. The van der Waals surface area contributed by atoms with E-state index in [0.29, 0.717) is 5.92 Å². The number of nitrogens with one attached hydrogen (secondary N) is 1. The highest BCUT2D eigenvalue weighted by atomic mass is 32.1. The normalized spacial score (nSPS) is 15.9. The Morgan fingerprint density at radius 1 is 1.21 bits per heavy atom. The van der Waals surface area contributed by atoms with Crippen molar-refractivity contribution in [1.29, 1.82) is 0 Å². The zero-order valence-corrected chi connectivity index (χ0v) is 15.4. The number of piperazine rings is 1. The maximum atomic E-state index is 11.7. The number of methoxy groups -OCH3 is 1. The summed E-state index contributed by atoms with van der Waals surface area (Å²) in [7, 11) is 1.72. The molecule has 0 atom stereocenters. The topological polar surface area (TPSA) is 48.6 Å². The fourth-order valence-corrected chi connectivity index (χ4v) is 4.23. The molecule has 3 rings (SSSR count). The Bertz CT molecular complexity index is 730. The van der Waals surface area contributed by atoms with Crippen molar-refractivity contribution in [3.8, 4) is 5.75 Å². The first-order valence-electron chi connectivity index (χ1n) is 8.40. The van der Waals surface area contributed by atoms with Crippen molar-refractivity contribution in [3.63, 3.8) is 0 Å². The molecule has 2 heterocycles. The summed E-state index contributed by atoms with van der Waals surface area (Å²) in [6.07, 6.45) is 0. The third-order valence-electron chi connectivity index (χ3n) is 4.50. The van der Waals surface area contributed by atoms with Crippen LogP contribution in [0.4, 0.5) is 5.69 Å². The molecule has 1 aliphatic heterocycles. The molecule has 0 saturated carbocycles. The lowest BCUT2D eigenvalue weighted by atomic mass is 10.1. The van der Waals surface area contributed by atoms with E-state index in [2.05, 4.69) is 40.8 Å². The Hall–Kier alpha value is -1.79. The molecule has 0 radical (unpaired) electrons. The molecular weight excluding hydrogens is 322 g/mol. The van der Waals surface area contributed by atoms with E-state index < -0.39 is 0 Å². The van der Waals surface area contributed by atoms with E-state index in [4.69, 9.17) is 4.74 Å². The summed E-state index contributed by atoms with van der Waals surface area (Å²) in [5.74, 6) is 1.28. The molecular formula is C18H25N3O2S. The van der Waals surface area contributed by atoms with Gasteiger partial charge in [0, 0.05) is 43.3 Å². The van der Waals surface area contributed by atoms with E-state index in [0.717, 1.165) is 49.9 Å². The van der Waals surface area contributed by atoms with Gasteiger partial charge in [0.15, 0.2) is 0 Å². The molecule has 6 heteroatoms. The second kappa shape index (κ2) is 7.40. The first-order chi connectivity index (χ1) is 11.6. The summed E-state index contributed by atoms with van der Waals surface area (Å²) in [5, 5.41) is 0. The van der Waals surface area contributed by atoms with Gasteiger partial charge in [-0.05, 0) is 18.1 Å². The van der Waals surface area contributed by atoms with E-state index in [-0.39, 0.29) is 4.87 Å². The highest BCUT2D eigenvalue weighted by molar-refractivity contribution is 7.09. The van der Waals surface area contributed by atoms with Crippen LogP contribution >= 0.6 is 11.3 Å². The van der Waals surface area contributed by atoms with Crippen LogP contribution in [-0.2, 0) is 6.54 Å². The van der Waals surface area contributed by atoms with Crippen LogP contribution in [0, 0.1) is 0 Å². The van der Waals surface area contributed by atoms with E-state index in [9.17, 15) is 4.79 Å². The zero-order chi connectivity index (χ0) is 17.1. The largest absolute Gasteiger partial charge is 0.495 e. The predicted octanol–water partition coefficient (Wildman–Crippen LogP) is 2.89. The molecule has 0 amide bonds. The van der Waals surface area contributed by atoms with Crippen LogP contribution in [0.1, 0.15) is 30.3 Å². The summed E-state index contributed by atoms with van der Waals surface area (Å²) in [4.78, 5) is 20.7. The SMILES string of the molecule is COc1ccccc1N1CCN(Cc2sc(=O)[nH]c2C(C)C)CC1. The number of rotatable bonds is 5. The second-order valence-electron chi connectivity index (χ2n) is 6.44. The van der Waals surface area contributed by atoms with Gasteiger partial charge in [-0.15, -0.1) is 0 Å². The van der Waals surface area contributed by atoms with Gasteiger partial charge >= 0.3 is 4.87 Å². The van der Waals surface area contributed by atoms with Gasteiger partial charge in [-0.1, -0.05) is 37.3 Å². The van der Waals surface area contributed by atoms with Gasteiger partial charge in [-0.25, -0.2) is 0 Å². The highest BCUT2D eigenvalue weighted by Gasteiger charge is 2.21. The summed E-state index contributed by atoms with van der Waals surface area (Å²) in [6.45, 7) is 9.02. The van der Waals surface area contributed by atoms with Crippen molar-refractivity contribution in [3.05, 3.63) is 44.5 Å². The standard InChI is InChI=1S/C18H25N3O2S/c1-13(2)17-16(24-18(22)19-17)12-20-8-10-21(11-9-20)14-6-4-5-7-15(14)23-3/h4-7,13H,8-12H2,1-3H3,(H,19,22). The Morgan fingerprint density at radius 3 is 2.58 bits per heavy atom. The predicted molar refractivity (Wildman–Crippen MR) is 99.5 cm³/mol. The quantitative estimate of drug-likeness (QED) is 0.903. The van der Waals surface area contributed by atoms with Crippen LogP contribution in [0.25, 0.3) is 0 Å². The molecule has 1 saturated heterocycles. The number of anilines is 1. The van der Waals surface area contributed by atoms with Gasteiger partial charge in [0.25, 0.3) is 0 Å². The number of hydrogen-bond donors (Lipinski definition) is 1. The lowest BCUT2D eigenvalue weighted by molar-refractivity contribution is 0.250. The molecule has 5 nitrogen and oxygen atoms in total. The lowest BCUT2D eigenvalue weighted by Gasteiger charge is -2.36. The fourth-order valence-electron chi connectivity index (χ4n) is 3.20. The van der Waals surface area contributed by atoms with Crippen molar-refractivity contribution < 1.29 is 4.74 Å². The molecule has 1 aromatic carbocycles. The second-order valence-corrected chi connectivity index (χ2v) is 7.51. The summed E-state index contributed by atoms with van der Waals surface area (Å²) in [5.41, 5.74) is 2.26. The third kappa shape index (κ3) is 3.65. The van der Waals surface area contributed by atoms with Crippen LogP contribution in [0.2, 0.25) is 0 Å². The van der Waals surface area contributed by atoms with Gasteiger partial charge in [0.05, 0.1) is 12.8 Å². The van der Waals surface area contributed by atoms with Crippen molar-refractivity contribution in [2.75, 3.05) is 38.2 Å². The van der Waals surface area contributed by atoms with Gasteiger partial charge in [0.1, 0.15) is 5.75 Å². The molecule has 1 aromatic heterocycles. The van der Waals surface area contributed by atoms with Gasteiger partial charge in [0.2, 0.25) is 0 Å². The molecule has 0 bridgehead atoms. The highest BCUT2D eigenvalue weighted by Crippen LogP contribution is 2.29. The minimum Gasteiger partial charge on any atom is -0.495 e. The zero-order valence-electron chi connectivity index (χ0n) is 14.5. The molecule has 0 spiro atoms. The minimum atomic E-state index is 0.0568. The van der Waals surface area contributed by atoms with Crippen LogP contribution in [0.3, 0.4) is 0 Å². The number of hydrogen-bond acceptors (Lipinski definition) is 5. The monoisotopic (exact) mass is 347 g/mol.